The van der Waals surface area contributed by atoms with Gasteiger partial charge < -0.3 is 9.47 Å². The lowest BCUT2D eigenvalue weighted by Gasteiger charge is -2.27. The molecule has 0 saturated heterocycles. The number of aromatic nitrogens is 1. The van der Waals surface area contributed by atoms with Crippen molar-refractivity contribution < 1.29 is 0 Å². The molecule has 328 valence electrons. The summed E-state index contributed by atoms with van der Waals surface area (Å²) >= 11 is 0. The molecule has 0 fully saturated rings. The summed E-state index contributed by atoms with van der Waals surface area (Å²) in [7, 11) is 0. The maximum absolute atomic E-state index is 2.42. The summed E-state index contributed by atoms with van der Waals surface area (Å²) in [5, 5.41) is 7.46. The molecule has 0 unspecified atom stereocenters. The minimum atomic E-state index is 1.08. The first-order valence-electron chi connectivity index (χ1n) is 24.1. The number of hydrogen-bond donors (Lipinski definition) is 0. The second-order valence-electron chi connectivity index (χ2n) is 18.1. The molecule has 0 N–H and O–H groups in total. The molecule has 0 radical (unpaired) electrons. The van der Waals surface area contributed by atoms with Gasteiger partial charge in [0.1, 0.15) is 0 Å². The van der Waals surface area contributed by atoms with Crippen LogP contribution < -0.4 is 4.90 Å². The van der Waals surface area contributed by atoms with Crippen LogP contribution in [0.15, 0.2) is 279 Å². The number of para-hydroxylation sites is 2. The second kappa shape index (κ2) is 17.4. The van der Waals surface area contributed by atoms with E-state index in [1.807, 2.05) is 0 Å². The molecule has 0 saturated carbocycles. The van der Waals surface area contributed by atoms with Crippen molar-refractivity contribution in [3.8, 4) is 61.3 Å². The molecule has 12 aromatic carbocycles. The molecule has 0 atom stereocenters. The van der Waals surface area contributed by atoms with Gasteiger partial charge in [0, 0.05) is 33.5 Å². The van der Waals surface area contributed by atoms with Gasteiger partial charge in [-0.25, -0.2) is 0 Å². The normalized spacial score (nSPS) is 11.4. The Hall–Kier alpha value is -9.24. The molecular formula is C68H46N2. The molecule has 13 aromatic rings. The summed E-state index contributed by atoms with van der Waals surface area (Å²) in [5.74, 6) is 0. The SMILES string of the molecule is c1ccc(-c2ccc(N(c3cccc(-c4ccc5c(c4)c(-c4ccccc4)c(-c4ccccc4)c4ccccc45)c3)c3cccc(-c4ccc5c(c4)c4ccccc4n5-c4ccccc4)c3)cc2)cc1. The molecule has 0 aliphatic carbocycles. The van der Waals surface area contributed by atoms with Gasteiger partial charge in [0.05, 0.1) is 11.0 Å². The van der Waals surface area contributed by atoms with Gasteiger partial charge in [-0.05, 0) is 150 Å². The lowest BCUT2D eigenvalue weighted by molar-refractivity contribution is 1.18. The van der Waals surface area contributed by atoms with Crippen LogP contribution in [0.5, 0.6) is 0 Å². The maximum Gasteiger partial charge on any atom is 0.0541 e. The standard InChI is InChI=1S/C68H46N2/c1-5-19-47(20-6-1)48-35-39-56(40-36-48)69(58-30-18-26-52(44-58)54-38-42-66-63(45-54)61-32-15-16-34-65(61)70(66)55-27-11-4-12-28-55)57-29-17-25-51(43-57)53-37-41-60-59-31-13-14-33-62(59)67(49-21-7-2-8-22-49)68(64(60)46-53)50-23-9-3-10-24-50/h1-46H. The van der Waals surface area contributed by atoms with Crippen LogP contribution in [-0.2, 0) is 0 Å². The molecule has 0 aliphatic heterocycles. The van der Waals surface area contributed by atoms with Gasteiger partial charge in [0.15, 0.2) is 0 Å². The number of hydrogen-bond acceptors (Lipinski definition) is 1. The van der Waals surface area contributed by atoms with Gasteiger partial charge in [0.2, 0.25) is 0 Å². The molecular weight excluding hydrogens is 845 g/mol. The van der Waals surface area contributed by atoms with Gasteiger partial charge >= 0.3 is 0 Å². The zero-order valence-electron chi connectivity index (χ0n) is 38.5. The molecule has 0 bridgehead atoms. The van der Waals surface area contributed by atoms with Crippen molar-refractivity contribution >= 4 is 60.4 Å². The third kappa shape index (κ3) is 7.22. The molecule has 2 heteroatoms. The summed E-state index contributed by atoms with van der Waals surface area (Å²) in [6.45, 7) is 0. The van der Waals surface area contributed by atoms with Crippen LogP contribution in [0.1, 0.15) is 0 Å². The van der Waals surface area contributed by atoms with Crippen molar-refractivity contribution in [2.75, 3.05) is 4.90 Å². The van der Waals surface area contributed by atoms with Crippen LogP contribution in [0.4, 0.5) is 17.1 Å². The minimum Gasteiger partial charge on any atom is -0.310 e. The average molecular weight is 891 g/mol. The molecule has 70 heavy (non-hydrogen) atoms. The van der Waals surface area contributed by atoms with Crippen molar-refractivity contribution in [3.63, 3.8) is 0 Å². The van der Waals surface area contributed by atoms with Crippen molar-refractivity contribution in [1.82, 2.24) is 4.57 Å². The fourth-order valence-electron chi connectivity index (χ4n) is 10.7. The first-order valence-corrected chi connectivity index (χ1v) is 24.1. The highest BCUT2D eigenvalue weighted by Crippen LogP contribution is 2.46. The fourth-order valence-corrected chi connectivity index (χ4v) is 10.7. The molecule has 13 rings (SSSR count). The molecule has 1 aromatic heterocycles. The Bertz CT molecular complexity index is 4020. The van der Waals surface area contributed by atoms with E-state index in [0.29, 0.717) is 0 Å². The lowest BCUT2D eigenvalue weighted by atomic mass is 9.84. The van der Waals surface area contributed by atoms with Crippen LogP contribution >= 0.6 is 0 Å². The zero-order valence-corrected chi connectivity index (χ0v) is 38.5. The average Bonchev–Trinajstić information content (AvgIpc) is 3.77. The van der Waals surface area contributed by atoms with Gasteiger partial charge in [0.25, 0.3) is 0 Å². The molecule has 0 aliphatic rings. The molecule has 1 heterocycles. The Balaban J connectivity index is 0.966. The number of rotatable bonds is 9. The van der Waals surface area contributed by atoms with E-state index in [2.05, 4.69) is 289 Å². The summed E-state index contributed by atoms with van der Waals surface area (Å²) in [6.07, 6.45) is 0. The number of fused-ring (bicyclic) bond motifs is 6. The second-order valence-corrected chi connectivity index (χ2v) is 18.1. The Morgan fingerprint density at radius 1 is 0.214 bits per heavy atom. The third-order valence-corrected chi connectivity index (χ3v) is 13.9. The zero-order chi connectivity index (χ0) is 46.4. The topological polar surface area (TPSA) is 8.17 Å². The van der Waals surface area contributed by atoms with Gasteiger partial charge in [-0.15, -0.1) is 0 Å². The fraction of sp³-hybridized carbons (Fsp3) is 0. The van der Waals surface area contributed by atoms with Crippen LogP contribution in [0, 0.1) is 0 Å². The van der Waals surface area contributed by atoms with E-state index in [9.17, 15) is 0 Å². The van der Waals surface area contributed by atoms with Crippen LogP contribution in [0.2, 0.25) is 0 Å². The van der Waals surface area contributed by atoms with E-state index in [4.69, 9.17) is 0 Å². The number of nitrogens with zero attached hydrogens (tertiary/aromatic N) is 2. The quantitative estimate of drug-likeness (QED) is 0.131. The summed E-state index contributed by atoms with van der Waals surface area (Å²) in [6, 6.07) is 102. The molecule has 0 amide bonds. The van der Waals surface area contributed by atoms with E-state index in [1.165, 1.54) is 82.3 Å². The first-order chi connectivity index (χ1) is 34.7. The largest absolute Gasteiger partial charge is 0.310 e. The Morgan fingerprint density at radius 2 is 0.629 bits per heavy atom. The number of benzene rings is 12. The Morgan fingerprint density at radius 3 is 1.26 bits per heavy atom. The van der Waals surface area contributed by atoms with E-state index < -0.39 is 0 Å². The van der Waals surface area contributed by atoms with Crippen molar-refractivity contribution in [3.05, 3.63) is 279 Å². The Labute approximate surface area is 408 Å². The highest BCUT2D eigenvalue weighted by Gasteiger charge is 2.20. The predicted octanol–water partition coefficient (Wildman–Crippen LogP) is 18.9. The van der Waals surface area contributed by atoms with Crippen LogP contribution in [-0.4, -0.2) is 4.57 Å². The van der Waals surface area contributed by atoms with E-state index >= 15 is 0 Å². The van der Waals surface area contributed by atoms with E-state index in [-0.39, 0.29) is 0 Å². The predicted molar refractivity (Wildman–Crippen MR) is 298 cm³/mol. The van der Waals surface area contributed by atoms with E-state index in [1.54, 1.807) is 0 Å². The monoisotopic (exact) mass is 890 g/mol. The molecule has 2 nitrogen and oxygen atoms in total. The van der Waals surface area contributed by atoms with Gasteiger partial charge in [-0.2, -0.15) is 0 Å². The first kappa shape index (κ1) is 41.0. The third-order valence-electron chi connectivity index (χ3n) is 13.9. The molecule has 0 spiro atoms. The minimum absolute atomic E-state index is 1.08. The van der Waals surface area contributed by atoms with Crippen LogP contribution in [0.3, 0.4) is 0 Å². The smallest absolute Gasteiger partial charge is 0.0541 e. The summed E-state index contributed by atoms with van der Waals surface area (Å²) in [4.78, 5) is 2.40. The maximum atomic E-state index is 2.42. The van der Waals surface area contributed by atoms with E-state index in [0.717, 1.165) is 39.4 Å². The van der Waals surface area contributed by atoms with Crippen molar-refractivity contribution in [2.24, 2.45) is 0 Å². The summed E-state index contributed by atoms with van der Waals surface area (Å²) < 4.78 is 2.38. The van der Waals surface area contributed by atoms with Crippen molar-refractivity contribution in [1.29, 1.82) is 0 Å². The number of anilines is 3. The van der Waals surface area contributed by atoms with Crippen molar-refractivity contribution in [2.45, 2.75) is 0 Å². The van der Waals surface area contributed by atoms with Gasteiger partial charge in [-0.3, -0.25) is 0 Å². The highest BCUT2D eigenvalue weighted by molar-refractivity contribution is 6.22. The van der Waals surface area contributed by atoms with Gasteiger partial charge in [-0.1, -0.05) is 206 Å². The highest BCUT2D eigenvalue weighted by atomic mass is 15.1. The lowest BCUT2D eigenvalue weighted by Crippen LogP contribution is -2.10. The van der Waals surface area contributed by atoms with Crippen LogP contribution in [0.25, 0.3) is 105 Å². The summed E-state index contributed by atoms with van der Waals surface area (Å²) in [5.41, 5.74) is 18.7. The Kier molecular flexibility index (Phi) is 10.2.